The van der Waals surface area contributed by atoms with Crippen LogP contribution in [0, 0.1) is 0 Å². The number of para-hydroxylation sites is 1. The quantitative estimate of drug-likeness (QED) is 0.213. The maximum atomic E-state index is 13.1. The largest absolute Gasteiger partial charge is 0.469 e. The number of ketones is 1. The van der Waals surface area contributed by atoms with E-state index in [-0.39, 0.29) is 41.6 Å². The van der Waals surface area contributed by atoms with Crippen LogP contribution < -0.4 is 10.2 Å². The summed E-state index contributed by atoms with van der Waals surface area (Å²) in [5.41, 5.74) is 2.35. The fraction of sp³-hybridized carbons (Fsp3) is 0.355. The number of benzene rings is 2. The van der Waals surface area contributed by atoms with Crippen molar-refractivity contribution >= 4 is 63.5 Å². The second kappa shape index (κ2) is 13.2. The lowest BCUT2D eigenvalue weighted by Gasteiger charge is -2.19. The third-order valence-electron chi connectivity index (χ3n) is 7.50. The van der Waals surface area contributed by atoms with E-state index < -0.39 is 6.10 Å². The van der Waals surface area contributed by atoms with Gasteiger partial charge in [-0.05, 0) is 37.1 Å². The Bertz CT molecular complexity index is 1670. The Balaban J connectivity index is 1.15. The molecule has 43 heavy (non-hydrogen) atoms. The number of amides is 1. The molecule has 226 valence electrons. The summed E-state index contributed by atoms with van der Waals surface area (Å²) in [6.45, 7) is 2.90. The SMILES string of the molecule is COC(=O)CCc1cnc(N2CC[C@H](OC(C)C(=O)Cc3cc(Cl)c(NC(=O)c4cn(C)c5ccccc45)cc3Cl)C2)o1. The lowest BCUT2D eigenvalue weighted by atomic mass is 10.0. The van der Waals surface area contributed by atoms with E-state index in [9.17, 15) is 14.4 Å². The molecule has 2 aromatic carbocycles. The average Bonchev–Trinajstić information content (AvgIpc) is 3.73. The van der Waals surface area contributed by atoms with Crippen LogP contribution in [0.15, 0.2) is 53.2 Å². The minimum atomic E-state index is -0.675. The number of halogens is 2. The average molecular weight is 628 g/mol. The van der Waals surface area contributed by atoms with Crippen LogP contribution in [0.1, 0.15) is 41.4 Å². The molecule has 2 aromatic heterocycles. The van der Waals surface area contributed by atoms with Gasteiger partial charge in [-0.25, -0.2) is 4.98 Å². The van der Waals surface area contributed by atoms with Crippen LogP contribution in [0.5, 0.6) is 0 Å². The molecule has 12 heteroatoms. The Labute approximate surface area is 258 Å². The topological polar surface area (TPSA) is 116 Å². The van der Waals surface area contributed by atoms with Crippen molar-refractivity contribution in [3.8, 4) is 0 Å². The number of esters is 1. The molecule has 1 N–H and O–H groups in total. The van der Waals surface area contributed by atoms with Gasteiger partial charge in [-0.15, -0.1) is 0 Å². The number of Topliss-reactive ketones (excluding diaryl/α,β-unsaturated/α-hetero) is 1. The minimum absolute atomic E-state index is 0.0248. The van der Waals surface area contributed by atoms with E-state index in [4.69, 9.17) is 32.4 Å². The van der Waals surface area contributed by atoms with Crippen LogP contribution >= 0.6 is 23.2 Å². The zero-order valence-corrected chi connectivity index (χ0v) is 25.6. The molecule has 1 aliphatic heterocycles. The van der Waals surface area contributed by atoms with E-state index in [1.807, 2.05) is 40.8 Å². The van der Waals surface area contributed by atoms with E-state index in [1.165, 1.54) is 7.11 Å². The zero-order valence-electron chi connectivity index (χ0n) is 24.1. The number of carbonyl (C=O) groups is 3. The van der Waals surface area contributed by atoms with Crippen LogP contribution in [0.2, 0.25) is 10.0 Å². The van der Waals surface area contributed by atoms with E-state index in [2.05, 4.69) is 15.0 Å². The van der Waals surface area contributed by atoms with Gasteiger partial charge in [0.1, 0.15) is 11.9 Å². The van der Waals surface area contributed by atoms with Gasteiger partial charge in [0, 0.05) is 55.1 Å². The third-order valence-corrected chi connectivity index (χ3v) is 8.17. The maximum absolute atomic E-state index is 13.1. The number of hydrogen-bond donors (Lipinski definition) is 1. The molecule has 1 saturated heterocycles. The number of anilines is 2. The van der Waals surface area contributed by atoms with Crippen LogP contribution in [-0.2, 0) is 39.0 Å². The number of ether oxygens (including phenoxy) is 2. The van der Waals surface area contributed by atoms with Crippen molar-refractivity contribution in [3.05, 3.63) is 75.7 Å². The van der Waals surface area contributed by atoms with Crippen LogP contribution in [0.4, 0.5) is 11.7 Å². The molecule has 4 aromatic rings. The molecular weight excluding hydrogens is 595 g/mol. The van der Waals surface area contributed by atoms with E-state index in [0.717, 1.165) is 10.9 Å². The molecule has 3 heterocycles. The van der Waals surface area contributed by atoms with E-state index in [0.29, 0.717) is 59.5 Å². The number of carbonyl (C=O) groups excluding carboxylic acids is 3. The number of methoxy groups -OCH3 is 1. The number of rotatable bonds is 11. The highest BCUT2D eigenvalue weighted by molar-refractivity contribution is 6.36. The minimum Gasteiger partial charge on any atom is -0.469 e. The Morgan fingerprint density at radius 3 is 2.77 bits per heavy atom. The number of nitrogens with one attached hydrogen (secondary N) is 1. The fourth-order valence-electron chi connectivity index (χ4n) is 5.13. The highest BCUT2D eigenvalue weighted by Gasteiger charge is 2.29. The summed E-state index contributed by atoms with van der Waals surface area (Å²) < 4.78 is 18.4. The monoisotopic (exact) mass is 626 g/mol. The smallest absolute Gasteiger partial charge is 0.305 e. The molecule has 1 fully saturated rings. The van der Waals surface area contributed by atoms with Gasteiger partial charge in [0.05, 0.1) is 42.1 Å². The Kier molecular flexibility index (Phi) is 9.39. The molecule has 1 aliphatic rings. The molecule has 0 spiro atoms. The number of fused-ring (bicyclic) bond motifs is 1. The summed E-state index contributed by atoms with van der Waals surface area (Å²) in [5.74, 6) is -0.170. The van der Waals surface area contributed by atoms with Gasteiger partial charge in [0.15, 0.2) is 5.78 Å². The van der Waals surface area contributed by atoms with Crippen molar-refractivity contribution in [1.29, 1.82) is 0 Å². The fourth-order valence-corrected chi connectivity index (χ4v) is 5.59. The van der Waals surface area contributed by atoms with Crippen molar-refractivity contribution < 1.29 is 28.3 Å². The third kappa shape index (κ3) is 7.04. The lowest BCUT2D eigenvalue weighted by molar-refractivity contribution is -0.140. The molecule has 0 saturated carbocycles. The van der Waals surface area contributed by atoms with E-state index >= 15 is 0 Å². The van der Waals surface area contributed by atoms with Crippen LogP contribution in [0.25, 0.3) is 10.9 Å². The zero-order chi connectivity index (χ0) is 30.7. The first-order chi connectivity index (χ1) is 20.6. The molecule has 0 bridgehead atoms. The number of hydrogen-bond acceptors (Lipinski definition) is 8. The summed E-state index contributed by atoms with van der Waals surface area (Å²) in [7, 11) is 3.23. The highest BCUT2D eigenvalue weighted by atomic mass is 35.5. The van der Waals surface area contributed by atoms with Crippen LogP contribution in [-0.4, -0.2) is 59.6 Å². The molecule has 10 nitrogen and oxygen atoms in total. The first-order valence-electron chi connectivity index (χ1n) is 13.9. The predicted octanol–water partition coefficient (Wildman–Crippen LogP) is 5.63. The van der Waals surface area contributed by atoms with Crippen molar-refractivity contribution in [2.24, 2.45) is 7.05 Å². The number of nitrogens with zero attached hydrogens (tertiary/aromatic N) is 3. The van der Waals surface area contributed by atoms with Crippen molar-refractivity contribution in [2.75, 3.05) is 30.4 Å². The van der Waals surface area contributed by atoms with Crippen molar-refractivity contribution in [2.45, 2.75) is 44.8 Å². The number of oxazole rings is 1. The summed E-state index contributed by atoms with van der Waals surface area (Å²) in [5, 5.41) is 4.26. The standard InChI is InChI=1S/C31H32Cl2N4O6/c1-18(42-21-10-11-37(16-21)31-34-15-20(43-31)8-9-29(39)41-3)28(38)13-19-12-25(33)26(14-24(19)32)35-30(40)23-17-36(2)27-7-5-4-6-22(23)27/h4-7,12,14-15,17-18,21H,8-11,13,16H2,1-3H3,(H,35,40)/t18?,21-/m0/s1. The highest BCUT2D eigenvalue weighted by Crippen LogP contribution is 2.32. The van der Waals surface area contributed by atoms with Gasteiger partial charge in [-0.2, -0.15) is 0 Å². The second-order valence-electron chi connectivity index (χ2n) is 10.5. The Morgan fingerprint density at radius 2 is 1.98 bits per heavy atom. The van der Waals surface area contributed by atoms with Gasteiger partial charge in [-0.3, -0.25) is 14.4 Å². The number of aromatic nitrogens is 2. The first-order valence-corrected chi connectivity index (χ1v) is 14.7. The Hall–Kier alpha value is -3.86. The van der Waals surface area contributed by atoms with Crippen molar-refractivity contribution in [3.63, 3.8) is 0 Å². The summed E-state index contributed by atoms with van der Waals surface area (Å²) >= 11 is 13.0. The summed E-state index contributed by atoms with van der Waals surface area (Å²) in [4.78, 5) is 43.8. The van der Waals surface area contributed by atoms with Gasteiger partial charge in [0.2, 0.25) is 0 Å². The van der Waals surface area contributed by atoms with Gasteiger partial charge < -0.3 is 28.7 Å². The maximum Gasteiger partial charge on any atom is 0.305 e. The predicted molar refractivity (Wildman–Crippen MR) is 164 cm³/mol. The second-order valence-corrected chi connectivity index (χ2v) is 11.3. The van der Waals surface area contributed by atoms with Gasteiger partial charge >= 0.3 is 5.97 Å². The van der Waals surface area contributed by atoms with Crippen LogP contribution in [0.3, 0.4) is 0 Å². The summed E-state index contributed by atoms with van der Waals surface area (Å²) in [6, 6.07) is 11.2. The van der Waals surface area contributed by atoms with E-state index in [1.54, 1.807) is 31.5 Å². The normalized spacial score (nSPS) is 15.6. The molecule has 0 aliphatic carbocycles. The molecule has 1 amide bonds. The molecule has 5 rings (SSSR count). The molecule has 1 unspecified atom stereocenters. The van der Waals surface area contributed by atoms with Gasteiger partial charge in [0.25, 0.3) is 11.9 Å². The Morgan fingerprint density at radius 1 is 1.19 bits per heavy atom. The lowest BCUT2D eigenvalue weighted by Crippen LogP contribution is -2.30. The number of aryl methyl sites for hydroxylation is 2. The van der Waals surface area contributed by atoms with Gasteiger partial charge in [-0.1, -0.05) is 41.4 Å². The molecule has 0 radical (unpaired) electrons. The summed E-state index contributed by atoms with van der Waals surface area (Å²) in [6.07, 6.45) is 3.86. The van der Waals surface area contributed by atoms with Crippen molar-refractivity contribution in [1.82, 2.24) is 9.55 Å². The molecule has 2 atom stereocenters. The molecular formula is C31H32Cl2N4O6. The first kappa shape index (κ1) is 30.6.